The summed E-state index contributed by atoms with van der Waals surface area (Å²) in [5, 5.41) is 13.2. The van der Waals surface area contributed by atoms with Crippen molar-refractivity contribution in [2.45, 2.75) is 154 Å². The molecule has 2 aliphatic heterocycles. The summed E-state index contributed by atoms with van der Waals surface area (Å²) in [4.78, 5) is 69.8. The number of nitrogens with zero attached hydrogens (tertiary/aromatic N) is 2. The number of ether oxygens (including phenoxy) is 2. The third kappa shape index (κ3) is 9.72. The maximum atomic E-state index is 13.8. The molecule has 1 unspecified atom stereocenters. The van der Waals surface area contributed by atoms with Gasteiger partial charge in [-0.2, -0.15) is 0 Å². The molecule has 2 aromatic heterocycles. The van der Waals surface area contributed by atoms with Gasteiger partial charge in [-0.3, -0.25) is 14.4 Å². The van der Waals surface area contributed by atoms with Crippen molar-refractivity contribution < 1.29 is 33.8 Å². The molecule has 286 valence electrons. The number of aliphatic carboxylic acids is 1. The lowest BCUT2D eigenvalue weighted by atomic mass is 9.85. The van der Waals surface area contributed by atoms with E-state index in [1.165, 1.54) is 64.2 Å². The van der Waals surface area contributed by atoms with Crippen LogP contribution in [0.3, 0.4) is 0 Å². The maximum Gasteiger partial charge on any atom is 0.355 e. The Morgan fingerprint density at radius 3 is 2.19 bits per heavy atom. The van der Waals surface area contributed by atoms with Gasteiger partial charge in [-0.05, 0) is 31.0 Å². The summed E-state index contributed by atoms with van der Waals surface area (Å²) in [5.74, 6) is -3.35. The third-order valence-corrected chi connectivity index (χ3v) is 10.7. The molecule has 0 radical (unpaired) electrons. The number of fused-ring (bicyclic) bond motifs is 5. The van der Waals surface area contributed by atoms with E-state index in [1.807, 2.05) is 30.3 Å². The molecule has 3 aromatic rings. The lowest BCUT2D eigenvalue weighted by molar-refractivity contribution is -0.189. The molecule has 1 aromatic carbocycles. The first-order chi connectivity index (χ1) is 25.7. The van der Waals surface area contributed by atoms with Crippen molar-refractivity contribution in [2.24, 2.45) is 0 Å². The lowest BCUT2D eigenvalue weighted by Gasteiger charge is -2.35. The van der Waals surface area contributed by atoms with Crippen molar-refractivity contribution in [1.29, 1.82) is 0 Å². The molecule has 2 aliphatic rings. The van der Waals surface area contributed by atoms with Crippen LogP contribution in [0, 0.1) is 0 Å². The average Bonchev–Trinajstić information content (AvgIpc) is 3.51. The summed E-state index contributed by atoms with van der Waals surface area (Å²) >= 11 is 0. The SMILES string of the molecule is CCCCCCCCCCCCCCCCC(NC(=O)CCC(=O)O[C@]1(CC)C(=O)OCc2c1cc1n(c2=O)Cc2cc3ccccc3nc2-1)C(=O)O. The largest absolute Gasteiger partial charge is 0.480 e. The minimum absolute atomic E-state index is 0.00203. The van der Waals surface area contributed by atoms with Gasteiger partial charge < -0.3 is 24.5 Å². The highest BCUT2D eigenvalue weighted by molar-refractivity contribution is 5.90. The molecule has 1 amide bonds. The molecule has 5 rings (SSSR count). The summed E-state index contributed by atoms with van der Waals surface area (Å²) in [6.45, 7) is 3.96. The number of carboxylic acids is 1. The highest BCUT2D eigenvalue weighted by atomic mass is 16.6. The Kier molecular flexibility index (Phi) is 14.2. The summed E-state index contributed by atoms with van der Waals surface area (Å²) in [5.41, 5.74) is 1.03. The monoisotopic (exact) mass is 729 g/mol. The van der Waals surface area contributed by atoms with E-state index in [-0.39, 0.29) is 42.6 Å². The summed E-state index contributed by atoms with van der Waals surface area (Å²) in [6, 6.07) is 10.3. The number of rotatable bonds is 22. The van der Waals surface area contributed by atoms with Gasteiger partial charge in [0.2, 0.25) is 11.5 Å². The van der Waals surface area contributed by atoms with Gasteiger partial charge in [-0.1, -0.05) is 122 Å². The molecule has 0 saturated carbocycles. The van der Waals surface area contributed by atoms with Crippen molar-refractivity contribution in [2.75, 3.05) is 0 Å². The summed E-state index contributed by atoms with van der Waals surface area (Å²) in [6.07, 6.45) is 16.3. The Hall–Kier alpha value is -4.54. The molecule has 4 heterocycles. The second kappa shape index (κ2) is 19.0. The molecule has 0 aliphatic carbocycles. The second-order valence-electron chi connectivity index (χ2n) is 14.6. The molecular formula is C42H55N3O8. The molecule has 2 atom stereocenters. The van der Waals surface area contributed by atoms with Crippen LogP contribution >= 0.6 is 0 Å². The number of nitrogens with one attached hydrogen (secondary N) is 1. The van der Waals surface area contributed by atoms with Crippen molar-refractivity contribution in [3.8, 4) is 11.4 Å². The Bertz CT molecular complexity index is 1830. The maximum absolute atomic E-state index is 13.8. The minimum Gasteiger partial charge on any atom is -0.480 e. The predicted molar refractivity (Wildman–Crippen MR) is 202 cm³/mol. The Labute approximate surface area is 311 Å². The fraction of sp³-hybridized carbons (Fsp3) is 0.571. The quantitative estimate of drug-likeness (QED) is 0.0608. The van der Waals surface area contributed by atoms with Crippen LogP contribution in [0.4, 0.5) is 0 Å². The first-order valence-corrected chi connectivity index (χ1v) is 19.8. The molecule has 11 heteroatoms. The molecule has 0 fully saturated rings. The average molecular weight is 730 g/mol. The number of amides is 1. The molecular weight excluding hydrogens is 674 g/mol. The van der Waals surface area contributed by atoms with Crippen LogP contribution in [-0.2, 0) is 47.4 Å². The minimum atomic E-state index is -1.88. The fourth-order valence-corrected chi connectivity index (χ4v) is 7.61. The molecule has 11 nitrogen and oxygen atoms in total. The smallest absolute Gasteiger partial charge is 0.355 e. The number of unbranched alkanes of at least 4 members (excludes halogenated alkanes) is 13. The first-order valence-electron chi connectivity index (χ1n) is 19.8. The van der Waals surface area contributed by atoms with E-state index < -0.39 is 35.5 Å². The van der Waals surface area contributed by atoms with Crippen LogP contribution in [0.15, 0.2) is 41.2 Å². The number of benzene rings is 1. The van der Waals surface area contributed by atoms with E-state index in [1.54, 1.807) is 17.6 Å². The normalized spacial score (nSPS) is 16.4. The van der Waals surface area contributed by atoms with Crippen molar-refractivity contribution in [1.82, 2.24) is 14.9 Å². The predicted octanol–water partition coefficient (Wildman–Crippen LogP) is 7.85. The Morgan fingerprint density at radius 2 is 1.55 bits per heavy atom. The second-order valence-corrected chi connectivity index (χ2v) is 14.6. The molecule has 0 bridgehead atoms. The van der Waals surface area contributed by atoms with Crippen molar-refractivity contribution >= 4 is 34.7 Å². The van der Waals surface area contributed by atoms with Gasteiger partial charge in [0.15, 0.2) is 0 Å². The summed E-state index contributed by atoms with van der Waals surface area (Å²) in [7, 11) is 0. The number of cyclic esters (lactones) is 1. The van der Waals surface area contributed by atoms with Crippen LogP contribution in [0.1, 0.15) is 146 Å². The standard InChI is InChI=1S/C42H55N3O8/c1-3-5-6-7-8-9-10-11-12-13-14-15-16-17-22-34(40(49)50)43-36(46)23-24-37(47)53-42(4-2)32-26-35-38-30(25-29-20-18-19-21-33(29)44-38)27-45(35)39(48)31(32)28-52-41(42)51/h18-21,25-26,34H,3-17,22-24,27-28H2,1-2H3,(H,43,46)(H,49,50)/t34?,42-/m0/s1. The van der Waals surface area contributed by atoms with E-state index >= 15 is 0 Å². The number of esters is 2. The number of aromatic nitrogens is 2. The molecule has 0 saturated heterocycles. The highest BCUT2D eigenvalue weighted by Gasteiger charge is 2.50. The van der Waals surface area contributed by atoms with Gasteiger partial charge >= 0.3 is 17.9 Å². The molecule has 0 spiro atoms. The van der Waals surface area contributed by atoms with Crippen LogP contribution in [0.2, 0.25) is 0 Å². The van der Waals surface area contributed by atoms with Gasteiger partial charge in [-0.15, -0.1) is 0 Å². The number of hydrogen-bond donors (Lipinski definition) is 2. The fourth-order valence-electron chi connectivity index (χ4n) is 7.61. The van der Waals surface area contributed by atoms with Gasteiger partial charge in [0.1, 0.15) is 12.6 Å². The number of carbonyl (C=O) groups excluding carboxylic acids is 3. The number of pyridine rings is 2. The Balaban J connectivity index is 1.10. The number of hydrogen-bond acceptors (Lipinski definition) is 8. The zero-order valence-corrected chi connectivity index (χ0v) is 31.4. The topological polar surface area (TPSA) is 154 Å². The van der Waals surface area contributed by atoms with Gasteiger partial charge in [-0.25, -0.2) is 14.6 Å². The number of carboxylic acid groups (broad SMARTS) is 1. The molecule has 53 heavy (non-hydrogen) atoms. The summed E-state index contributed by atoms with van der Waals surface area (Å²) < 4.78 is 12.8. The van der Waals surface area contributed by atoms with Crippen LogP contribution in [0.25, 0.3) is 22.3 Å². The van der Waals surface area contributed by atoms with Gasteiger partial charge in [0.25, 0.3) is 5.56 Å². The van der Waals surface area contributed by atoms with Crippen molar-refractivity contribution in [3.05, 3.63) is 63.4 Å². The van der Waals surface area contributed by atoms with Crippen molar-refractivity contribution in [3.63, 3.8) is 0 Å². The van der Waals surface area contributed by atoms with Gasteiger partial charge in [0.05, 0.1) is 35.4 Å². The highest BCUT2D eigenvalue weighted by Crippen LogP contribution is 2.41. The van der Waals surface area contributed by atoms with E-state index in [9.17, 15) is 29.1 Å². The third-order valence-electron chi connectivity index (χ3n) is 10.7. The van der Waals surface area contributed by atoms with Crippen LogP contribution in [-0.4, -0.2) is 44.5 Å². The van der Waals surface area contributed by atoms with Crippen LogP contribution in [0.5, 0.6) is 0 Å². The number of para-hydroxylation sites is 1. The Morgan fingerprint density at radius 1 is 0.906 bits per heavy atom. The zero-order valence-electron chi connectivity index (χ0n) is 31.4. The van der Waals surface area contributed by atoms with E-state index in [4.69, 9.17) is 14.5 Å². The number of carbonyl (C=O) groups is 4. The van der Waals surface area contributed by atoms with E-state index in [0.29, 0.717) is 30.8 Å². The zero-order chi connectivity index (χ0) is 37.8. The van der Waals surface area contributed by atoms with E-state index in [2.05, 4.69) is 12.2 Å². The van der Waals surface area contributed by atoms with Crippen LogP contribution < -0.4 is 10.9 Å². The van der Waals surface area contributed by atoms with E-state index in [0.717, 1.165) is 35.7 Å². The molecule has 2 N–H and O–H groups in total. The van der Waals surface area contributed by atoms with Gasteiger partial charge in [0, 0.05) is 22.9 Å². The lowest BCUT2D eigenvalue weighted by Crippen LogP contribution is -2.47. The first kappa shape index (κ1) is 39.7.